The summed E-state index contributed by atoms with van der Waals surface area (Å²) in [6.07, 6.45) is 1.96. The number of morpholine rings is 1. The largest absolute Gasteiger partial charge is 0.380 e. The molecular weight excluding hydrogens is 405 g/mol. The number of ether oxygens (including phenoxy) is 2. The first kappa shape index (κ1) is 20.7. The molecule has 0 aliphatic carbocycles. The van der Waals surface area contributed by atoms with Gasteiger partial charge in [-0.25, -0.2) is 9.37 Å². The van der Waals surface area contributed by atoms with Crippen LogP contribution >= 0.6 is 11.3 Å². The summed E-state index contributed by atoms with van der Waals surface area (Å²) < 4.78 is 25.8. The lowest BCUT2D eigenvalue weighted by Gasteiger charge is -2.32. The number of hydrogen-bond acceptors (Lipinski definition) is 6. The van der Waals surface area contributed by atoms with Crippen molar-refractivity contribution in [1.82, 2.24) is 10.3 Å². The van der Waals surface area contributed by atoms with Crippen molar-refractivity contribution < 1.29 is 18.7 Å². The van der Waals surface area contributed by atoms with Gasteiger partial charge in [0.15, 0.2) is 0 Å². The highest BCUT2D eigenvalue weighted by molar-refractivity contribution is 7.21. The normalized spacial score (nSPS) is 16.8. The number of pyridine rings is 1. The Morgan fingerprint density at radius 1 is 1.40 bits per heavy atom. The molecular formula is C22H24FN3O3S. The third kappa shape index (κ3) is 4.30. The van der Waals surface area contributed by atoms with Gasteiger partial charge in [-0.3, -0.25) is 4.79 Å². The molecule has 3 heterocycles. The second kappa shape index (κ2) is 9.07. The Morgan fingerprint density at radius 3 is 3.00 bits per heavy atom. The molecule has 3 aromatic rings. The van der Waals surface area contributed by atoms with Crippen LogP contribution in [0.3, 0.4) is 0 Å². The molecule has 8 heteroatoms. The molecule has 2 aromatic heterocycles. The van der Waals surface area contributed by atoms with Crippen LogP contribution in [-0.4, -0.2) is 43.8 Å². The highest BCUT2D eigenvalue weighted by Gasteiger charge is 2.21. The summed E-state index contributed by atoms with van der Waals surface area (Å²) in [6.45, 7) is 4.90. The van der Waals surface area contributed by atoms with E-state index < -0.39 is 0 Å². The third-order valence-corrected chi connectivity index (χ3v) is 6.28. The van der Waals surface area contributed by atoms with E-state index in [1.54, 1.807) is 12.3 Å². The molecule has 1 atom stereocenters. The van der Waals surface area contributed by atoms with E-state index in [9.17, 15) is 9.18 Å². The van der Waals surface area contributed by atoms with Crippen LogP contribution in [0.15, 0.2) is 36.5 Å². The summed E-state index contributed by atoms with van der Waals surface area (Å²) >= 11 is 1.28. The van der Waals surface area contributed by atoms with Gasteiger partial charge in [0.1, 0.15) is 11.6 Å². The summed E-state index contributed by atoms with van der Waals surface area (Å²) in [7, 11) is 1.54. The first-order valence-electron chi connectivity index (χ1n) is 9.85. The first-order chi connectivity index (χ1) is 14.6. The maximum absolute atomic E-state index is 14.3. The number of benzene rings is 1. The second-order valence-electron chi connectivity index (χ2n) is 7.29. The molecule has 158 valence electrons. The topological polar surface area (TPSA) is 63.7 Å². The first-order valence-corrected chi connectivity index (χ1v) is 10.7. The summed E-state index contributed by atoms with van der Waals surface area (Å²) in [5.41, 5.74) is 1.48. The maximum Gasteiger partial charge on any atom is 0.262 e. The number of carbonyl (C=O) groups excluding carboxylic acids is 1. The van der Waals surface area contributed by atoms with Crippen LogP contribution in [0.4, 0.5) is 10.2 Å². The molecule has 0 saturated carbocycles. The molecule has 0 bridgehead atoms. The quantitative estimate of drug-likeness (QED) is 0.647. The SMILES string of the molecule is COCc1c(C(=O)NCc2ccc(N3CCOC(C)C3)nc2)sc2cccc(F)c12. The van der Waals surface area contributed by atoms with Crippen LogP contribution in [0.2, 0.25) is 0 Å². The van der Waals surface area contributed by atoms with Gasteiger partial charge in [0, 0.05) is 48.6 Å². The second-order valence-corrected chi connectivity index (χ2v) is 8.34. The Hall–Kier alpha value is -2.55. The minimum atomic E-state index is -0.341. The summed E-state index contributed by atoms with van der Waals surface area (Å²) in [5, 5.41) is 3.38. The highest BCUT2D eigenvalue weighted by Crippen LogP contribution is 2.33. The molecule has 1 aromatic carbocycles. The molecule has 1 aliphatic heterocycles. The Labute approximate surface area is 178 Å². The lowest BCUT2D eigenvalue weighted by Crippen LogP contribution is -2.41. The minimum Gasteiger partial charge on any atom is -0.380 e. The monoisotopic (exact) mass is 429 g/mol. The minimum absolute atomic E-state index is 0.178. The number of amides is 1. The van der Waals surface area contributed by atoms with E-state index in [4.69, 9.17) is 9.47 Å². The zero-order chi connectivity index (χ0) is 21.1. The van der Waals surface area contributed by atoms with Crippen molar-refractivity contribution in [3.63, 3.8) is 0 Å². The lowest BCUT2D eigenvalue weighted by atomic mass is 10.1. The Bertz CT molecular complexity index is 1040. The molecule has 0 spiro atoms. The molecule has 1 saturated heterocycles. The van der Waals surface area contributed by atoms with Crippen molar-refractivity contribution >= 4 is 33.1 Å². The average molecular weight is 430 g/mol. The molecule has 30 heavy (non-hydrogen) atoms. The zero-order valence-electron chi connectivity index (χ0n) is 17.0. The molecule has 6 nitrogen and oxygen atoms in total. The van der Waals surface area contributed by atoms with Crippen molar-refractivity contribution in [2.75, 3.05) is 31.7 Å². The van der Waals surface area contributed by atoms with Crippen LogP contribution in [0.1, 0.15) is 27.7 Å². The Balaban J connectivity index is 1.46. The number of hydrogen-bond donors (Lipinski definition) is 1. The van der Waals surface area contributed by atoms with Crippen LogP contribution in [0.25, 0.3) is 10.1 Å². The van der Waals surface area contributed by atoms with Crippen LogP contribution in [0, 0.1) is 5.82 Å². The number of halogens is 1. The number of fused-ring (bicyclic) bond motifs is 1. The van der Waals surface area contributed by atoms with Gasteiger partial charge in [-0.1, -0.05) is 12.1 Å². The van der Waals surface area contributed by atoms with E-state index in [1.165, 1.54) is 24.5 Å². The van der Waals surface area contributed by atoms with E-state index in [-0.39, 0.29) is 24.4 Å². The standard InChI is InChI=1S/C22H24FN3O3S/c1-14-12-26(8-9-29-14)19-7-6-15(10-24-19)11-25-22(27)21-16(13-28-2)20-17(23)4-3-5-18(20)30-21/h3-7,10,14H,8-9,11-13H2,1-2H3,(H,25,27). The molecule has 0 radical (unpaired) electrons. The predicted molar refractivity (Wildman–Crippen MR) is 116 cm³/mol. The fraction of sp³-hybridized carbons (Fsp3) is 0.364. The number of thiophene rings is 1. The number of methoxy groups -OCH3 is 1. The van der Waals surface area contributed by atoms with Crippen molar-refractivity contribution in [3.8, 4) is 0 Å². The van der Waals surface area contributed by atoms with E-state index in [2.05, 4.69) is 15.2 Å². The van der Waals surface area contributed by atoms with E-state index in [0.29, 0.717) is 29.0 Å². The molecule has 1 unspecified atom stereocenters. The number of anilines is 1. The summed E-state index contributed by atoms with van der Waals surface area (Å²) in [4.78, 5) is 20.0. The molecule has 1 amide bonds. The van der Waals surface area contributed by atoms with Crippen molar-refractivity contribution in [2.45, 2.75) is 26.2 Å². The zero-order valence-corrected chi connectivity index (χ0v) is 17.8. The number of rotatable bonds is 6. The molecule has 1 N–H and O–H groups in total. The van der Waals surface area contributed by atoms with E-state index in [1.807, 2.05) is 25.1 Å². The lowest BCUT2D eigenvalue weighted by molar-refractivity contribution is 0.0529. The van der Waals surface area contributed by atoms with Gasteiger partial charge in [-0.2, -0.15) is 0 Å². The van der Waals surface area contributed by atoms with Gasteiger partial charge < -0.3 is 19.7 Å². The maximum atomic E-state index is 14.3. The van der Waals surface area contributed by atoms with Gasteiger partial charge in [0.05, 0.1) is 24.2 Å². The fourth-order valence-electron chi connectivity index (χ4n) is 3.63. The van der Waals surface area contributed by atoms with Gasteiger partial charge >= 0.3 is 0 Å². The van der Waals surface area contributed by atoms with Gasteiger partial charge in [0.2, 0.25) is 0 Å². The third-order valence-electron chi connectivity index (χ3n) is 5.09. The number of carbonyl (C=O) groups is 1. The van der Waals surface area contributed by atoms with Crippen LogP contribution < -0.4 is 10.2 Å². The Kier molecular flexibility index (Phi) is 6.26. The van der Waals surface area contributed by atoms with Crippen molar-refractivity contribution in [1.29, 1.82) is 0 Å². The summed E-state index contributed by atoms with van der Waals surface area (Å²) in [5.74, 6) is 0.323. The number of nitrogens with zero attached hydrogens (tertiary/aromatic N) is 2. The predicted octanol–water partition coefficient (Wildman–Crippen LogP) is 3.74. The van der Waals surface area contributed by atoms with Crippen molar-refractivity contribution in [2.24, 2.45) is 0 Å². The smallest absolute Gasteiger partial charge is 0.262 e. The number of nitrogens with one attached hydrogen (secondary N) is 1. The van der Waals surface area contributed by atoms with Gasteiger partial charge in [-0.15, -0.1) is 11.3 Å². The molecule has 1 fully saturated rings. The van der Waals surface area contributed by atoms with Crippen LogP contribution in [0.5, 0.6) is 0 Å². The summed E-state index contributed by atoms with van der Waals surface area (Å²) in [6, 6.07) is 8.79. The molecule has 1 aliphatic rings. The van der Waals surface area contributed by atoms with Gasteiger partial charge in [0.25, 0.3) is 5.91 Å². The Morgan fingerprint density at radius 2 is 2.27 bits per heavy atom. The highest BCUT2D eigenvalue weighted by atomic mass is 32.1. The van der Waals surface area contributed by atoms with Gasteiger partial charge in [-0.05, 0) is 30.7 Å². The van der Waals surface area contributed by atoms with E-state index in [0.717, 1.165) is 29.2 Å². The van der Waals surface area contributed by atoms with Crippen LogP contribution in [-0.2, 0) is 22.6 Å². The number of aromatic nitrogens is 1. The van der Waals surface area contributed by atoms with Crippen molar-refractivity contribution in [3.05, 3.63) is 58.3 Å². The van der Waals surface area contributed by atoms with E-state index >= 15 is 0 Å². The molecule has 4 rings (SSSR count). The average Bonchev–Trinajstić information content (AvgIpc) is 3.12. The fourth-order valence-corrected chi connectivity index (χ4v) is 4.77.